The van der Waals surface area contributed by atoms with Gasteiger partial charge in [-0.3, -0.25) is 9.59 Å². The second kappa shape index (κ2) is 9.07. The van der Waals surface area contributed by atoms with E-state index in [1.165, 1.54) is 18.2 Å². The number of nitrogens with one attached hydrogen (secondary N) is 2. The lowest BCUT2D eigenvalue weighted by atomic mass is 10.0. The number of hydrogen-bond acceptors (Lipinski definition) is 3. The Bertz CT molecular complexity index is 480. The van der Waals surface area contributed by atoms with Gasteiger partial charge >= 0.3 is 0 Å². The van der Waals surface area contributed by atoms with Crippen LogP contribution in [0.25, 0.3) is 0 Å². The second-order valence-electron chi connectivity index (χ2n) is 4.75. The number of halogens is 1. The van der Waals surface area contributed by atoms with E-state index in [1.807, 2.05) is 6.92 Å². The Morgan fingerprint density at radius 1 is 1.29 bits per heavy atom. The molecule has 0 radical (unpaired) electrons. The van der Waals surface area contributed by atoms with Crippen LogP contribution >= 0.6 is 0 Å². The van der Waals surface area contributed by atoms with Crippen LogP contribution in [0.1, 0.15) is 30.1 Å². The topological polar surface area (TPSA) is 78.4 Å². The Kier molecular flexibility index (Phi) is 7.39. The summed E-state index contributed by atoms with van der Waals surface area (Å²) >= 11 is 0. The summed E-state index contributed by atoms with van der Waals surface area (Å²) in [6.07, 6.45) is 1.47. The fraction of sp³-hybridized carbons (Fsp3) is 0.467. The van der Waals surface area contributed by atoms with Crippen LogP contribution in [0, 0.1) is 11.7 Å². The van der Waals surface area contributed by atoms with Crippen molar-refractivity contribution in [3.63, 3.8) is 0 Å². The van der Waals surface area contributed by atoms with Gasteiger partial charge in [0, 0.05) is 13.2 Å². The molecule has 0 fully saturated rings. The maximum Gasteiger partial charge on any atom is 0.254 e. The van der Waals surface area contributed by atoms with E-state index in [2.05, 4.69) is 10.6 Å². The molecule has 0 aliphatic rings. The van der Waals surface area contributed by atoms with E-state index in [-0.39, 0.29) is 30.5 Å². The summed E-state index contributed by atoms with van der Waals surface area (Å²) in [6, 6.07) is 5.59. The van der Waals surface area contributed by atoms with Crippen molar-refractivity contribution in [1.29, 1.82) is 0 Å². The molecule has 0 saturated carbocycles. The Morgan fingerprint density at radius 3 is 2.62 bits per heavy atom. The standard InChI is InChI=1S/C15H21FN2O3/c1-2-11(7-8-19)9-17-14(20)10-18-15(21)12-5-3-4-6-13(12)16/h3-6,11,19H,2,7-10H2,1H3,(H,17,20)(H,18,21). The highest BCUT2D eigenvalue weighted by molar-refractivity contribution is 5.96. The highest BCUT2D eigenvalue weighted by Gasteiger charge is 2.12. The predicted molar refractivity (Wildman–Crippen MR) is 77.2 cm³/mol. The van der Waals surface area contributed by atoms with Gasteiger partial charge in [-0.15, -0.1) is 0 Å². The third kappa shape index (κ3) is 5.91. The molecule has 3 N–H and O–H groups in total. The molecule has 1 aromatic rings. The maximum absolute atomic E-state index is 13.4. The Morgan fingerprint density at radius 2 is 2.00 bits per heavy atom. The summed E-state index contributed by atoms with van der Waals surface area (Å²) in [7, 11) is 0. The summed E-state index contributed by atoms with van der Waals surface area (Å²) in [4.78, 5) is 23.3. The summed E-state index contributed by atoms with van der Waals surface area (Å²) in [5.74, 6) is -1.37. The lowest BCUT2D eigenvalue weighted by Crippen LogP contribution is -2.39. The van der Waals surface area contributed by atoms with Crippen LogP contribution < -0.4 is 10.6 Å². The van der Waals surface area contributed by atoms with Gasteiger partial charge in [-0.1, -0.05) is 25.5 Å². The fourth-order valence-electron chi connectivity index (χ4n) is 1.85. The van der Waals surface area contributed by atoms with Crippen LogP contribution in [0.3, 0.4) is 0 Å². The minimum atomic E-state index is -0.621. The molecule has 0 bridgehead atoms. The van der Waals surface area contributed by atoms with Crippen LogP contribution in [-0.2, 0) is 4.79 Å². The predicted octanol–water partition coefficient (Wildman–Crippen LogP) is 1.08. The van der Waals surface area contributed by atoms with Crippen molar-refractivity contribution in [3.05, 3.63) is 35.6 Å². The van der Waals surface area contributed by atoms with Crippen LogP contribution in [0.4, 0.5) is 4.39 Å². The summed E-state index contributed by atoms with van der Waals surface area (Å²) in [5.41, 5.74) is -0.0861. The first-order chi connectivity index (χ1) is 10.1. The molecule has 1 rings (SSSR count). The zero-order chi connectivity index (χ0) is 15.7. The molecule has 0 aliphatic heterocycles. The average molecular weight is 296 g/mol. The maximum atomic E-state index is 13.4. The zero-order valence-corrected chi connectivity index (χ0v) is 12.1. The Balaban J connectivity index is 2.36. The van der Waals surface area contributed by atoms with E-state index in [4.69, 9.17) is 5.11 Å². The SMILES string of the molecule is CCC(CCO)CNC(=O)CNC(=O)c1ccccc1F. The first-order valence-electron chi connectivity index (χ1n) is 6.98. The normalized spacial score (nSPS) is 11.8. The van der Waals surface area contributed by atoms with Gasteiger partial charge in [0.1, 0.15) is 5.82 Å². The van der Waals surface area contributed by atoms with Crippen molar-refractivity contribution in [3.8, 4) is 0 Å². The van der Waals surface area contributed by atoms with E-state index in [0.717, 1.165) is 6.42 Å². The zero-order valence-electron chi connectivity index (χ0n) is 12.1. The van der Waals surface area contributed by atoms with E-state index in [1.54, 1.807) is 6.07 Å². The van der Waals surface area contributed by atoms with Gasteiger partial charge in [0.25, 0.3) is 5.91 Å². The summed E-state index contributed by atoms with van der Waals surface area (Å²) in [5, 5.41) is 13.9. The second-order valence-corrected chi connectivity index (χ2v) is 4.75. The Hall–Kier alpha value is -1.95. The van der Waals surface area contributed by atoms with E-state index < -0.39 is 11.7 Å². The van der Waals surface area contributed by atoms with Gasteiger partial charge in [0.15, 0.2) is 0 Å². The molecule has 116 valence electrons. The quantitative estimate of drug-likeness (QED) is 0.672. The van der Waals surface area contributed by atoms with Crippen molar-refractivity contribution < 1.29 is 19.1 Å². The molecule has 0 saturated heterocycles. The van der Waals surface area contributed by atoms with Crippen molar-refractivity contribution in [2.45, 2.75) is 19.8 Å². The van der Waals surface area contributed by atoms with Gasteiger partial charge in [0.2, 0.25) is 5.91 Å². The van der Waals surface area contributed by atoms with Gasteiger partial charge in [0.05, 0.1) is 12.1 Å². The molecule has 6 heteroatoms. The number of carbonyl (C=O) groups excluding carboxylic acids is 2. The summed E-state index contributed by atoms with van der Waals surface area (Å²) < 4.78 is 13.4. The van der Waals surface area contributed by atoms with Crippen molar-refractivity contribution in [1.82, 2.24) is 10.6 Å². The number of aliphatic hydroxyl groups is 1. The van der Waals surface area contributed by atoms with Crippen molar-refractivity contribution >= 4 is 11.8 Å². The van der Waals surface area contributed by atoms with Gasteiger partial charge < -0.3 is 15.7 Å². The number of amides is 2. The Labute approximate surface area is 123 Å². The molecular formula is C15H21FN2O3. The largest absolute Gasteiger partial charge is 0.396 e. The number of aliphatic hydroxyl groups excluding tert-OH is 1. The van der Waals surface area contributed by atoms with Gasteiger partial charge in [-0.05, 0) is 24.5 Å². The molecule has 1 aromatic carbocycles. The van der Waals surface area contributed by atoms with Gasteiger partial charge in [-0.2, -0.15) is 0 Å². The van der Waals surface area contributed by atoms with Crippen LogP contribution in [0.5, 0.6) is 0 Å². The molecule has 5 nitrogen and oxygen atoms in total. The summed E-state index contributed by atoms with van der Waals surface area (Å²) in [6.45, 7) is 2.30. The monoisotopic (exact) mass is 296 g/mol. The first kappa shape index (κ1) is 17.1. The lowest BCUT2D eigenvalue weighted by molar-refractivity contribution is -0.120. The molecule has 1 atom stereocenters. The van der Waals surface area contributed by atoms with Crippen molar-refractivity contribution in [2.75, 3.05) is 19.7 Å². The van der Waals surface area contributed by atoms with E-state index in [0.29, 0.717) is 13.0 Å². The third-order valence-corrected chi connectivity index (χ3v) is 3.23. The molecule has 21 heavy (non-hydrogen) atoms. The fourth-order valence-corrected chi connectivity index (χ4v) is 1.85. The number of benzene rings is 1. The molecule has 0 aliphatic carbocycles. The van der Waals surface area contributed by atoms with Gasteiger partial charge in [-0.25, -0.2) is 4.39 Å². The first-order valence-corrected chi connectivity index (χ1v) is 6.98. The van der Waals surface area contributed by atoms with Crippen LogP contribution in [0.2, 0.25) is 0 Å². The number of carbonyl (C=O) groups is 2. The molecule has 0 spiro atoms. The number of rotatable bonds is 8. The lowest BCUT2D eigenvalue weighted by Gasteiger charge is -2.14. The minimum Gasteiger partial charge on any atom is -0.396 e. The molecule has 0 heterocycles. The van der Waals surface area contributed by atoms with Crippen molar-refractivity contribution in [2.24, 2.45) is 5.92 Å². The minimum absolute atomic E-state index is 0.0817. The van der Waals surface area contributed by atoms with E-state index >= 15 is 0 Å². The van der Waals surface area contributed by atoms with Crippen LogP contribution in [0.15, 0.2) is 24.3 Å². The smallest absolute Gasteiger partial charge is 0.254 e. The highest BCUT2D eigenvalue weighted by atomic mass is 19.1. The third-order valence-electron chi connectivity index (χ3n) is 3.23. The highest BCUT2D eigenvalue weighted by Crippen LogP contribution is 2.06. The van der Waals surface area contributed by atoms with E-state index in [9.17, 15) is 14.0 Å². The molecular weight excluding hydrogens is 275 g/mol. The average Bonchev–Trinajstić information content (AvgIpc) is 2.49. The molecule has 2 amide bonds. The number of hydrogen-bond donors (Lipinski definition) is 3. The van der Waals surface area contributed by atoms with Crippen LogP contribution in [-0.4, -0.2) is 36.6 Å². The molecule has 1 unspecified atom stereocenters. The molecule has 0 aromatic heterocycles.